The summed E-state index contributed by atoms with van der Waals surface area (Å²) in [6.45, 7) is 11.0. The zero-order chi connectivity index (χ0) is 18.8. The Bertz CT molecular complexity index is 721. The van der Waals surface area contributed by atoms with E-state index < -0.39 is 20.2 Å². The number of hydrogen-bond acceptors (Lipinski definition) is 3. The topological polar surface area (TPSA) is 38.7 Å². The quantitative estimate of drug-likeness (QED) is 0.734. The first-order valence-corrected chi connectivity index (χ1v) is 11.3. The molecular formula is C20H27FO3Si. The molecule has 0 radical (unpaired) electrons. The van der Waals surface area contributed by atoms with Crippen molar-refractivity contribution in [3.8, 4) is 11.5 Å². The zero-order valence-corrected chi connectivity index (χ0v) is 16.8. The summed E-state index contributed by atoms with van der Waals surface area (Å²) in [6, 6.07) is 11.8. The fourth-order valence-electron chi connectivity index (χ4n) is 2.21. The molecule has 1 unspecified atom stereocenters. The van der Waals surface area contributed by atoms with Crippen molar-refractivity contribution in [1.29, 1.82) is 0 Å². The average Bonchev–Trinajstić information content (AvgIpc) is 2.53. The van der Waals surface area contributed by atoms with Gasteiger partial charge in [-0.1, -0.05) is 39.0 Å². The SMILES string of the molecule is COc1ccc(C(O)c2ccc(O[Si](C)(C)C(C)(C)C)cc2)cc1F. The van der Waals surface area contributed by atoms with Crippen LogP contribution < -0.4 is 9.16 Å². The van der Waals surface area contributed by atoms with Crippen LogP contribution in [0.4, 0.5) is 4.39 Å². The molecule has 2 aromatic rings. The molecular weight excluding hydrogens is 335 g/mol. The summed E-state index contributed by atoms with van der Waals surface area (Å²) in [6.07, 6.45) is -0.901. The first-order chi connectivity index (χ1) is 11.5. The number of aliphatic hydroxyl groups is 1. The van der Waals surface area contributed by atoms with Crippen molar-refractivity contribution in [2.75, 3.05) is 7.11 Å². The third kappa shape index (κ3) is 4.41. The second kappa shape index (κ2) is 7.18. The summed E-state index contributed by atoms with van der Waals surface area (Å²) in [4.78, 5) is 0. The summed E-state index contributed by atoms with van der Waals surface area (Å²) >= 11 is 0. The second-order valence-corrected chi connectivity index (χ2v) is 12.5. The number of rotatable bonds is 5. The molecule has 0 spiro atoms. The third-order valence-corrected chi connectivity index (χ3v) is 9.23. The van der Waals surface area contributed by atoms with E-state index in [1.807, 2.05) is 24.3 Å². The maximum Gasteiger partial charge on any atom is 0.250 e. The monoisotopic (exact) mass is 362 g/mol. The van der Waals surface area contributed by atoms with Crippen LogP contribution in [0.15, 0.2) is 42.5 Å². The minimum Gasteiger partial charge on any atom is -0.544 e. The Hall–Kier alpha value is -1.85. The van der Waals surface area contributed by atoms with Crippen molar-refractivity contribution in [3.63, 3.8) is 0 Å². The summed E-state index contributed by atoms with van der Waals surface area (Å²) < 4.78 is 25.0. The van der Waals surface area contributed by atoms with Gasteiger partial charge in [-0.3, -0.25) is 0 Å². The molecule has 0 fully saturated rings. The first-order valence-electron chi connectivity index (χ1n) is 8.35. The summed E-state index contributed by atoms with van der Waals surface area (Å²) in [5.74, 6) is 0.467. The molecule has 2 aromatic carbocycles. The highest BCUT2D eigenvalue weighted by Crippen LogP contribution is 2.37. The van der Waals surface area contributed by atoms with Gasteiger partial charge in [-0.25, -0.2) is 4.39 Å². The summed E-state index contributed by atoms with van der Waals surface area (Å²) in [5, 5.41) is 10.6. The lowest BCUT2D eigenvalue weighted by atomic mass is 10.0. The van der Waals surface area contributed by atoms with Crippen LogP contribution in [0.1, 0.15) is 38.0 Å². The van der Waals surface area contributed by atoms with Gasteiger partial charge in [-0.15, -0.1) is 0 Å². The van der Waals surface area contributed by atoms with Crippen molar-refractivity contribution in [1.82, 2.24) is 0 Å². The maximum atomic E-state index is 13.8. The molecule has 3 nitrogen and oxygen atoms in total. The minimum absolute atomic E-state index is 0.117. The van der Waals surface area contributed by atoms with Gasteiger partial charge in [0.15, 0.2) is 11.6 Å². The van der Waals surface area contributed by atoms with Gasteiger partial charge in [0.2, 0.25) is 8.32 Å². The molecule has 0 aliphatic carbocycles. The van der Waals surface area contributed by atoms with Crippen LogP contribution in [-0.4, -0.2) is 20.5 Å². The van der Waals surface area contributed by atoms with Crippen molar-refractivity contribution >= 4 is 8.32 Å². The van der Waals surface area contributed by atoms with Crippen molar-refractivity contribution in [2.45, 2.75) is 45.0 Å². The van der Waals surface area contributed by atoms with Crippen molar-refractivity contribution in [3.05, 3.63) is 59.4 Å². The molecule has 1 N–H and O–H groups in total. The summed E-state index contributed by atoms with van der Waals surface area (Å²) in [7, 11) is -0.486. The van der Waals surface area contributed by atoms with Gasteiger partial charge in [0, 0.05) is 0 Å². The Labute approximate surface area is 150 Å². The van der Waals surface area contributed by atoms with Gasteiger partial charge in [-0.05, 0) is 53.5 Å². The van der Waals surface area contributed by atoms with E-state index in [1.54, 1.807) is 6.07 Å². The third-order valence-electron chi connectivity index (χ3n) is 4.87. The molecule has 0 bridgehead atoms. The van der Waals surface area contributed by atoms with E-state index in [4.69, 9.17) is 9.16 Å². The predicted molar refractivity (Wildman–Crippen MR) is 101 cm³/mol. The molecule has 0 amide bonds. The molecule has 0 saturated carbocycles. The highest BCUT2D eigenvalue weighted by molar-refractivity contribution is 6.74. The van der Waals surface area contributed by atoms with Crippen LogP contribution in [0.3, 0.4) is 0 Å². The van der Waals surface area contributed by atoms with Crippen LogP contribution in [0.5, 0.6) is 11.5 Å². The van der Waals surface area contributed by atoms with Crippen LogP contribution in [-0.2, 0) is 0 Å². The van der Waals surface area contributed by atoms with Crippen LogP contribution in [0.2, 0.25) is 18.1 Å². The lowest BCUT2D eigenvalue weighted by molar-refractivity contribution is 0.219. The Morgan fingerprint density at radius 1 is 1.00 bits per heavy atom. The number of ether oxygens (including phenoxy) is 1. The largest absolute Gasteiger partial charge is 0.544 e. The Morgan fingerprint density at radius 3 is 2.04 bits per heavy atom. The standard InChI is InChI=1S/C20H27FO3Si/c1-20(2,3)25(5,6)24-16-10-7-14(8-11-16)19(22)15-9-12-18(23-4)17(21)13-15/h7-13,19,22H,1-6H3. The van der Waals surface area contributed by atoms with E-state index in [0.29, 0.717) is 11.1 Å². The highest BCUT2D eigenvalue weighted by Gasteiger charge is 2.38. The maximum absolute atomic E-state index is 13.8. The first kappa shape index (κ1) is 19.5. The molecule has 0 heterocycles. The van der Waals surface area contributed by atoms with Gasteiger partial charge in [-0.2, -0.15) is 0 Å². The fourth-order valence-corrected chi connectivity index (χ4v) is 3.24. The molecule has 25 heavy (non-hydrogen) atoms. The van der Waals surface area contributed by atoms with E-state index in [9.17, 15) is 9.50 Å². The average molecular weight is 363 g/mol. The molecule has 1 atom stereocenters. The van der Waals surface area contributed by atoms with Crippen molar-refractivity contribution in [2.24, 2.45) is 0 Å². The van der Waals surface area contributed by atoms with Gasteiger partial charge >= 0.3 is 0 Å². The Balaban J connectivity index is 2.18. The molecule has 0 saturated heterocycles. The smallest absolute Gasteiger partial charge is 0.250 e. The van der Waals surface area contributed by atoms with Gasteiger partial charge in [0.05, 0.1) is 7.11 Å². The van der Waals surface area contributed by atoms with Gasteiger partial charge in [0.1, 0.15) is 11.9 Å². The van der Waals surface area contributed by atoms with E-state index in [-0.39, 0.29) is 10.8 Å². The van der Waals surface area contributed by atoms with Crippen LogP contribution in [0.25, 0.3) is 0 Å². The molecule has 0 aliphatic rings. The van der Waals surface area contributed by atoms with E-state index >= 15 is 0 Å². The lowest BCUT2D eigenvalue weighted by Crippen LogP contribution is -2.43. The van der Waals surface area contributed by atoms with Crippen LogP contribution in [0, 0.1) is 5.82 Å². The molecule has 0 aliphatic heterocycles. The molecule has 136 valence electrons. The van der Waals surface area contributed by atoms with Crippen LogP contribution >= 0.6 is 0 Å². The molecule has 2 rings (SSSR count). The fraction of sp³-hybridized carbons (Fsp3) is 0.400. The number of benzene rings is 2. The minimum atomic E-state index is -1.90. The predicted octanol–water partition coefficient (Wildman–Crippen LogP) is 5.30. The highest BCUT2D eigenvalue weighted by atomic mass is 28.4. The number of aliphatic hydroxyl groups excluding tert-OH is 1. The van der Waals surface area contributed by atoms with E-state index in [2.05, 4.69) is 33.9 Å². The Kier molecular flexibility index (Phi) is 5.59. The Morgan fingerprint density at radius 2 is 1.56 bits per heavy atom. The normalized spacial score (nSPS) is 13.4. The van der Waals surface area contributed by atoms with E-state index in [1.165, 1.54) is 19.2 Å². The van der Waals surface area contributed by atoms with Gasteiger partial charge in [0.25, 0.3) is 0 Å². The summed E-state index contributed by atoms with van der Waals surface area (Å²) in [5.41, 5.74) is 1.17. The number of halogens is 1. The second-order valence-electron chi connectivity index (χ2n) is 7.73. The number of hydrogen-bond donors (Lipinski definition) is 1. The van der Waals surface area contributed by atoms with Crippen molar-refractivity contribution < 1.29 is 18.7 Å². The molecule has 0 aromatic heterocycles. The zero-order valence-electron chi connectivity index (χ0n) is 15.8. The lowest BCUT2D eigenvalue weighted by Gasteiger charge is -2.36. The van der Waals surface area contributed by atoms with E-state index in [0.717, 1.165) is 5.75 Å². The van der Waals surface area contributed by atoms with Gasteiger partial charge < -0.3 is 14.3 Å². The number of methoxy groups -OCH3 is 1. The molecule has 5 heteroatoms.